The van der Waals surface area contributed by atoms with Crippen LogP contribution in [0.1, 0.15) is 31.8 Å². The Balaban J connectivity index is 0.000000228. The summed E-state index contributed by atoms with van der Waals surface area (Å²) >= 11 is 0. The zero-order valence-electron chi connectivity index (χ0n) is 34.7. The summed E-state index contributed by atoms with van der Waals surface area (Å²) in [5.74, 6) is -0.860. The number of rotatable bonds is 11. The predicted molar refractivity (Wildman–Crippen MR) is 225 cm³/mol. The van der Waals surface area contributed by atoms with Crippen LogP contribution >= 0.6 is 0 Å². The maximum atomic E-state index is 14.7. The van der Waals surface area contributed by atoms with Gasteiger partial charge in [-0.2, -0.15) is 0 Å². The van der Waals surface area contributed by atoms with Crippen LogP contribution in [0, 0.1) is 11.6 Å². The van der Waals surface area contributed by atoms with E-state index in [0.29, 0.717) is 60.2 Å². The van der Waals surface area contributed by atoms with E-state index in [1.165, 1.54) is 47.2 Å². The van der Waals surface area contributed by atoms with Gasteiger partial charge in [0.15, 0.2) is 5.78 Å². The summed E-state index contributed by atoms with van der Waals surface area (Å²) in [4.78, 5) is 61.0. The fourth-order valence-electron chi connectivity index (χ4n) is 6.66. The number of anilines is 2. The van der Waals surface area contributed by atoms with Crippen molar-refractivity contribution in [2.24, 2.45) is 5.73 Å². The Labute approximate surface area is 349 Å². The Bertz CT molecular complexity index is 1980. The van der Waals surface area contributed by atoms with Gasteiger partial charge in [0.25, 0.3) is 0 Å². The fraction of sp³-hybridized carbons (Fsp3) is 0.364. The van der Waals surface area contributed by atoms with E-state index in [2.05, 4.69) is 14.5 Å². The number of hydrogen-bond donors (Lipinski definition) is 1. The van der Waals surface area contributed by atoms with E-state index in [-0.39, 0.29) is 48.6 Å². The Morgan fingerprint density at radius 2 is 1.02 bits per heavy atom. The minimum Gasteiger partial charge on any atom is -0.497 e. The molecule has 2 heterocycles. The van der Waals surface area contributed by atoms with Crippen LogP contribution in [0.25, 0.3) is 0 Å². The van der Waals surface area contributed by atoms with Crippen molar-refractivity contribution >= 4 is 35.2 Å². The summed E-state index contributed by atoms with van der Waals surface area (Å²) in [7, 11) is 8.38. The van der Waals surface area contributed by atoms with Crippen LogP contribution in [-0.4, -0.2) is 138 Å². The van der Waals surface area contributed by atoms with Gasteiger partial charge in [-0.3, -0.25) is 14.6 Å². The number of piperazine rings is 2. The van der Waals surface area contributed by atoms with Crippen LogP contribution in [0.15, 0.2) is 84.9 Å². The number of urea groups is 2. The first-order valence-electron chi connectivity index (χ1n) is 19.5. The molecule has 0 bridgehead atoms. The second-order valence-electron chi connectivity index (χ2n) is 14.5. The molecule has 60 heavy (non-hydrogen) atoms. The van der Waals surface area contributed by atoms with Crippen LogP contribution in [0.4, 0.5) is 29.7 Å². The topological polar surface area (TPSA) is 141 Å². The van der Waals surface area contributed by atoms with Gasteiger partial charge in [-0.05, 0) is 56.6 Å². The Morgan fingerprint density at radius 1 is 0.600 bits per heavy atom. The lowest BCUT2D eigenvalue weighted by Gasteiger charge is -2.36. The van der Waals surface area contributed by atoms with Gasteiger partial charge in [0.1, 0.15) is 23.1 Å². The Hall–Kier alpha value is -6.10. The van der Waals surface area contributed by atoms with Crippen molar-refractivity contribution in [1.82, 2.24) is 19.6 Å². The van der Waals surface area contributed by atoms with Gasteiger partial charge in [-0.1, -0.05) is 30.3 Å². The molecule has 0 aliphatic carbocycles. The van der Waals surface area contributed by atoms with Gasteiger partial charge < -0.3 is 39.5 Å². The lowest BCUT2D eigenvalue weighted by atomic mass is 10.1. The number of nitrogens with two attached hydrogens (primary N) is 1. The van der Waals surface area contributed by atoms with Crippen molar-refractivity contribution in [3.63, 3.8) is 0 Å². The molecule has 0 unspecified atom stereocenters. The number of methoxy groups -OCH3 is 3. The normalized spacial score (nSPS) is 14.4. The van der Waals surface area contributed by atoms with E-state index < -0.39 is 17.6 Å². The number of esters is 1. The third-order valence-corrected chi connectivity index (χ3v) is 10.4. The molecule has 0 aromatic heterocycles. The lowest BCUT2D eigenvalue weighted by Crippen LogP contribution is -2.52. The van der Waals surface area contributed by atoms with Crippen LogP contribution < -0.4 is 25.0 Å². The smallest absolute Gasteiger partial charge is 0.337 e. The maximum absolute atomic E-state index is 14.7. The Kier molecular flexibility index (Phi) is 15.9. The molecule has 2 aliphatic rings. The van der Waals surface area contributed by atoms with Crippen molar-refractivity contribution in [2.45, 2.75) is 13.1 Å². The quantitative estimate of drug-likeness (QED) is 0.156. The summed E-state index contributed by atoms with van der Waals surface area (Å²) < 4.78 is 44.7. The summed E-state index contributed by atoms with van der Waals surface area (Å²) in [6.45, 7) is 5.37. The highest BCUT2D eigenvalue weighted by Crippen LogP contribution is 2.27. The first-order valence-corrected chi connectivity index (χ1v) is 19.5. The molecular weight excluding hydrogens is 777 g/mol. The molecule has 6 rings (SSSR count). The summed E-state index contributed by atoms with van der Waals surface area (Å²) in [6, 6.07) is 22.2. The molecule has 0 spiro atoms. The molecule has 320 valence electrons. The van der Waals surface area contributed by atoms with Gasteiger partial charge in [-0.15, -0.1) is 0 Å². The van der Waals surface area contributed by atoms with Crippen molar-refractivity contribution in [3.05, 3.63) is 119 Å². The second-order valence-corrected chi connectivity index (χ2v) is 14.5. The van der Waals surface area contributed by atoms with E-state index in [0.717, 1.165) is 32.2 Å². The monoisotopic (exact) mass is 829 g/mol. The number of likely N-dealkylation sites (N-methyl/N-ethyl adjacent to an activating group) is 2. The van der Waals surface area contributed by atoms with Crippen molar-refractivity contribution in [1.29, 1.82) is 0 Å². The maximum Gasteiger partial charge on any atom is 0.337 e. The molecule has 14 nitrogen and oxygen atoms in total. The highest BCUT2D eigenvalue weighted by atomic mass is 19.1. The minimum absolute atomic E-state index is 0.0195. The number of nitrogens with zero attached hydrogens (tertiary/aromatic N) is 6. The highest BCUT2D eigenvalue weighted by molar-refractivity contribution is 5.97. The van der Waals surface area contributed by atoms with Gasteiger partial charge in [0, 0.05) is 92.6 Å². The zero-order chi connectivity index (χ0) is 43.3. The average molecular weight is 830 g/mol. The number of ketones is 1. The van der Waals surface area contributed by atoms with Crippen molar-refractivity contribution < 1.29 is 42.2 Å². The zero-order valence-corrected chi connectivity index (χ0v) is 34.7. The first-order chi connectivity index (χ1) is 28.8. The standard InChI is InChI=1S/C22H27FN4O3.C22H26FN3O4/c1-25-8-10-26(11-9-25)22(29)27(18-4-3-5-19(13-18)30-2)15-17-7-6-16(12-20(17)23)21(28)14-24;1-24-9-11-25(12-10-24)22(28)26(18-5-4-6-19(14-18)29-2)15-17-8-7-16(13-20(17)23)21(27)30-3/h3-7,12-13H,8-11,14-15,24H2,1-2H3;4-8,13-14H,9-12,15H2,1-3H3. The largest absolute Gasteiger partial charge is 0.497 e. The molecule has 0 atom stereocenters. The number of hydrogen-bond acceptors (Lipinski definition) is 10. The SMILES string of the molecule is COC(=O)c1ccc(CN(C(=O)N2CCN(C)CC2)c2cccc(OC)c2)c(F)c1.COc1cccc(N(Cc2ccc(C(=O)CN)cc2F)C(=O)N2CCN(C)CC2)c1. The van der Waals surface area contributed by atoms with E-state index in [1.807, 2.05) is 14.1 Å². The van der Waals surface area contributed by atoms with Crippen LogP contribution in [0.3, 0.4) is 0 Å². The Morgan fingerprint density at radius 3 is 1.40 bits per heavy atom. The molecule has 0 saturated carbocycles. The number of Topliss-reactive ketones (excluding diaryl/α,β-unsaturated/α-hetero) is 1. The van der Waals surface area contributed by atoms with Crippen LogP contribution in [0.5, 0.6) is 11.5 Å². The third kappa shape index (κ3) is 11.5. The van der Waals surface area contributed by atoms with Gasteiger partial charge in [0.05, 0.1) is 46.5 Å². The summed E-state index contributed by atoms with van der Waals surface area (Å²) in [5, 5.41) is 0. The van der Waals surface area contributed by atoms with Gasteiger partial charge in [-0.25, -0.2) is 23.2 Å². The molecule has 0 radical (unpaired) electrons. The molecule has 2 N–H and O–H groups in total. The molecule has 4 aromatic carbocycles. The average Bonchev–Trinajstić information content (AvgIpc) is 3.27. The van der Waals surface area contributed by atoms with Crippen molar-refractivity contribution in [2.75, 3.05) is 104 Å². The summed E-state index contributed by atoms with van der Waals surface area (Å²) in [5.41, 5.74) is 7.53. The van der Waals surface area contributed by atoms with Crippen LogP contribution in [0.2, 0.25) is 0 Å². The highest BCUT2D eigenvalue weighted by Gasteiger charge is 2.28. The van der Waals surface area contributed by atoms with Crippen LogP contribution in [-0.2, 0) is 17.8 Å². The van der Waals surface area contributed by atoms with E-state index >= 15 is 0 Å². The number of benzene rings is 4. The fourth-order valence-corrected chi connectivity index (χ4v) is 6.66. The van der Waals surface area contributed by atoms with E-state index in [4.69, 9.17) is 15.2 Å². The van der Waals surface area contributed by atoms with E-state index in [1.54, 1.807) is 72.6 Å². The molecule has 16 heteroatoms. The molecule has 4 aromatic rings. The second kappa shape index (κ2) is 21.2. The minimum atomic E-state index is -0.612. The molecule has 2 fully saturated rings. The summed E-state index contributed by atoms with van der Waals surface area (Å²) in [6.07, 6.45) is 0. The molecular formula is C44H53F2N7O7. The van der Waals surface area contributed by atoms with E-state index in [9.17, 15) is 28.0 Å². The van der Waals surface area contributed by atoms with Gasteiger partial charge >= 0.3 is 18.0 Å². The number of carbonyl (C=O) groups is 4. The number of carbonyl (C=O) groups excluding carboxylic acids is 4. The predicted octanol–water partition coefficient (Wildman–Crippen LogP) is 5.34. The number of amides is 4. The first kappa shape index (κ1) is 45.0. The number of halogens is 2. The van der Waals surface area contributed by atoms with Gasteiger partial charge in [0.2, 0.25) is 0 Å². The lowest BCUT2D eigenvalue weighted by molar-refractivity contribution is 0.0600. The molecule has 2 saturated heterocycles. The number of ether oxygens (including phenoxy) is 3. The molecule has 2 aliphatic heterocycles. The van der Waals surface area contributed by atoms with Crippen molar-refractivity contribution in [3.8, 4) is 11.5 Å². The third-order valence-electron chi connectivity index (χ3n) is 10.4. The molecule has 4 amide bonds.